The van der Waals surface area contributed by atoms with Gasteiger partial charge in [0.25, 0.3) is 0 Å². The highest BCUT2D eigenvalue weighted by molar-refractivity contribution is 7.89. The van der Waals surface area contributed by atoms with E-state index in [-0.39, 0.29) is 31.2 Å². The van der Waals surface area contributed by atoms with Crippen LogP contribution in [0.2, 0.25) is 0 Å². The van der Waals surface area contributed by atoms with Crippen molar-refractivity contribution < 1.29 is 18.3 Å². The van der Waals surface area contributed by atoms with Crippen molar-refractivity contribution in [3.63, 3.8) is 0 Å². The first-order valence-electron chi connectivity index (χ1n) is 8.06. The van der Waals surface area contributed by atoms with Gasteiger partial charge in [0.2, 0.25) is 15.9 Å². The van der Waals surface area contributed by atoms with Crippen LogP contribution in [0.1, 0.15) is 5.69 Å². The number of sulfonamides is 1. The molecule has 0 saturated carbocycles. The summed E-state index contributed by atoms with van der Waals surface area (Å²) in [4.78, 5) is 14.1. The highest BCUT2D eigenvalue weighted by Crippen LogP contribution is 2.22. The molecule has 9 heteroatoms. The summed E-state index contributed by atoms with van der Waals surface area (Å²) in [5, 5.41) is 18.1. The van der Waals surface area contributed by atoms with E-state index in [1.54, 1.807) is 0 Å². The van der Waals surface area contributed by atoms with Crippen LogP contribution < -0.4 is 0 Å². The lowest BCUT2D eigenvalue weighted by Crippen LogP contribution is -2.34. The summed E-state index contributed by atoms with van der Waals surface area (Å²) in [5.74, 6) is -0.800. The number of amides is 1. The van der Waals surface area contributed by atoms with Crippen molar-refractivity contribution in [2.45, 2.75) is 12.5 Å². The molecule has 1 fully saturated rings. The molecular formula is C16H22N4O4S. The fourth-order valence-corrected chi connectivity index (χ4v) is 4.22. The number of carbonyl (C=O) groups excluding carboxylic acids is 1. The molecule has 1 saturated heterocycles. The summed E-state index contributed by atoms with van der Waals surface area (Å²) in [6.45, 7) is 0.387. The second-order valence-electron chi connectivity index (χ2n) is 6.58. The number of nitrogens with zero attached hydrogens (tertiary/aromatic N) is 3. The summed E-state index contributed by atoms with van der Waals surface area (Å²) >= 11 is 0. The van der Waals surface area contributed by atoms with Crippen LogP contribution in [0.3, 0.4) is 0 Å². The zero-order chi connectivity index (χ0) is 18.2. The lowest BCUT2D eigenvalue weighted by Gasteiger charge is -2.18. The number of β-amino-alcohol motifs (C(OH)–C–C–N with tert-alkyl or cyclic N) is 1. The van der Waals surface area contributed by atoms with Crippen LogP contribution in [0.4, 0.5) is 0 Å². The summed E-state index contributed by atoms with van der Waals surface area (Å²) in [7, 11) is -0.501. The van der Waals surface area contributed by atoms with E-state index < -0.39 is 22.0 Å². The van der Waals surface area contributed by atoms with Crippen LogP contribution in [-0.4, -0.2) is 77.9 Å². The van der Waals surface area contributed by atoms with Gasteiger partial charge < -0.3 is 10.0 Å². The first-order valence-corrected chi connectivity index (χ1v) is 9.67. The van der Waals surface area contributed by atoms with Crippen molar-refractivity contribution >= 4 is 26.8 Å². The third kappa shape index (κ3) is 3.68. The fourth-order valence-electron chi connectivity index (χ4n) is 3.05. The smallest absolute Gasteiger partial charge is 0.228 e. The topological polar surface area (TPSA) is 107 Å². The molecule has 8 nitrogen and oxygen atoms in total. The highest BCUT2D eigenvalue weighted by Gasteiger charge is 2.37. The molecular weight excluding hydrogens is 344 g/mol. The molecule has 2 N–H and O–H groups in total. The minimum Gasteiger partial charge on any atom is -0.391 e. The SMILES string of the molecule is CN(C)S(=O)(=O)C[C@@H]1CN(C(=O)Cc2[nH]nc3ccccc23)C[C@@H]1O. The van der Waals surface area contributed by atoms with Crippen molar-refractivity contribution in [1.29, 1.82) is 0 Å². The molecule has 2 aromatic rings. The van der Waals surface area contributed by atoms with E-state index in [1.807, 2.05) is 24.3 Å². The molecule has 2 atom stereocenters. The molecule has 3 rings (SSSR count). The Labute approximate surface area is 146 Å². The van der Waals surface area contributed by atoms with Gasteiger partial charge >= 0.3 is 0 Å². The Morgan fingerprint density at radius 2 is 2.08 bits per heavy atom. The largest absolute Gasteiger partial charge is 0.391 e. The van der Waals surface area contributed by atoms with Gasteiger partial charge in [-0.3, -0.25) is 9.89 Å². The second-order valence-corrected chi connectivity index (χ2v) is 8.81. The standard InChI is InChI=1S/C16H22N4O4S/c1-19(2)25(23,24)10-11-8-20(9-15(11)21)16(22)7-14-12-5-3-4-6-13(12)17-18-14/h3-6,11,15,21H,7-10H2,1-2H3,(H,17,18)/t11-,15-/m0/s1. The number of hydrogen-bond donors (Lipinski definition) is 2. The molecule has 0 spiro atoms. The maximum Gasteiger partial charge on any atom is 0.228 e. The van der Waals surface area contributed by atoms with Gasteiger partial charge in [-0.05, 0) is 6.07 Å². The molecule has 25 heavy (non-hydrogen) atoms. The Kier molecular flexibility index (Phi) is 4.81. The number of fused-ring (bicyclic) bond motifs is 1. The van der Waals surface area contributed by atoms with E-state index in [0.29, 0.717) is 0 Å². The number of aromatic amines is 1. The number of aliphatic hydroxyl groups excluding tert-OH is 1. The predicted octanol–water partition coefficient (Wildman–Crippen LogP) is -0.184. The van der Waals surface area contributed by atoms with Gasteiger partial charge in [0.15, 0.2) is 0 Å². The van der Waals surface area contributed by atoms with Crippen LogP contribution in [0.25, 0.3) is 10.9 Å². The van der Waals surface area contributed by atoms with Gasteiger partial charge in [-0.25, -0.2) is 12.7 Å². The molecule has 0 unspecified atom stereocenters. The maximum atomic E-state index is 12.6. The summed E-state index contributed by atoms with van der Waals surface area (Å²) in [5.41, 5.74) is 1.51. The molecule has 0 aliphatic carbocycles. The number of benzene rings is 1. The molecule has 1 aromatic heterocycles. The molecule has 1 aliphatic rings. The van der Waals surface area contributed by atoms with Gasteiger partial charge in [0.1, 0.15) is 0 Å². The number of aromatic nitrogens is 2. The van der Waals surface area contributed by atoms with E-state index >= 15 is 0 Å². The third-order valence-corrected chi connectivity index (χ3v) is 6.57. The van der Waals surface area contributed by atoms with Gasteiger partial charge in [0.05, 0.1) is 29.5 Å². The number of aliphatic hydroxyl groups is 1. The van der Waals surface area contributed by atoms with Crippen molar-refractivity contribution in [2.24, 2.45) is 5.92 Å². The van der Waals surface area contributed by atoms with Crippen LogP contribution in [0, 0.1) is 5.92 Å². The Balaban J connectivity index is 1.68. The lowest BCUT2D eigenvalue weighted by atomic mass is 10.1. The molecule has 1 amide bonds. The minimum absolute atomic E-state index is 0.139. The Morgan fingerprint density at radius 3 is 2.80 bits per heavy atom. The van der Waals surface area contributed by atoms with Gasteiger partial charge in [-0.1, -0.05) is 18.2 Å². The molecule has 1 aliphatic heterocycles. The van der Waals surface area contributed by atoms with Crippen molar-refractivity contribution in [1.82, 2.24) is 19.4 Å². The van der Waals surface area contributed by atoms with Gasteiger partial charge in [-0.15, -0.1) is 0 Å². The van der Waals surface area contributed by atoms with Gasteiger partial charge in [-0.2, -0.15) is 5.10 Å². The highest BCUT2D eigenvalue weighted by atomic mass is 32.2. The number of rotatable bonds is 5. The van der Waals surface area contributed by atoms with Crippen molar-refractivity contribution in [3.8, 4) is 0 Å². The molecule has 1 aromatic carbocycles. The number of hydrogen-bond acceptors (Lipinski definition) is 5. The monoisotopic (exact) mass is 366 g/mol. The summed E-state index contributed by atoms with van der Waals surface area (Å²) < 4.78 is 25.2. The Hall–Kier alpha value is -1.97. The van der Waals surface area contributed by atoms with Crippen LogP contribution in [0.15, 0.2) is 24.3 Å². The third-order valence-electron chi connectivity index (χ3n) is 4.61. The summed E-state index contributed by atoms with van der Waals surface area (Å²) in [6.07, 6.45) is -0.697. The average Bonchev–Trinajstić information content (AvgIpc) is 3.12. The number of H-pyrrole nitrogens is 1. The number of nitrogens with one attached hydrogen (secondary N) is 1. The van der Waals surface area contributed by atoms with Crippen molar-refractivity contribution in [2.75, 3.05) is 32.9 Å². The molecule has 136 valence electrons. The minimum atomic E-state index is -3.42. The normalized spacial score (nSPS) is 21.4. The lowest BCUT2D eigenvalue weighted by molar-refractivity contribution is -0.129. The Morgan fingerprint density at radius 1 is 1.36 bits per heavy atom. The number of likely N-dealkylation sites (tertiary alicyclic amines) is 1. The average molecular weight is 366 g/mol. The van der Waals surface area contributed by atoms with E-state index in [9.17, 15) is 18.3 Å². The molecule has 2 heterocycles. The van der Waals surface area contributed by atoms with Crippen molar-refractivity contribution in [3.05, 3.63) is 30.0 Å². The quantitative estimate of drug-likeness (QED) is 0.763. The second kappa shape index (κ2) is 6.74. The molecule has 0 bridgehead atoms. The van der Waals surface area contributed by atoms with E-state index in [1.165, 1.54) is 19.0 Å². The predicted molar refractivity (Wildman–Crippen MR) is 93.3 cm³/mol. The van der Waals surface area contributed by atoms with Crippen LogP contribution >= 0.6 is 0 Å². The maximum absolute atomic E-state index is 12.6. The Bertz CT molecular complexity index is 877. The number of carbonyl (C=O) groups is 1. The first-order chi connectivity index (χ1) is 11.8. The fraction of sp³-hybridized carbons (Fsp3) is 0.500. The van der Waals surface area contributed by atoms with Gasteiger partial charge in [0, 0.05) is 38.5 Å². The molecule has 0 radical (unpaired) electrons. The first kappa shape index (κ1) is 17.8. The summed E-state index contributed by atoms with van der Waals surface area (Å²) in [6, 6.07) is 7.52. The van der Waals surface area contributed by atoms with E-state index in [4.69, 9.17) is 0 Å². The van der Waals surface area contributed by atoms with Crippen LogP contribution in [-0.2, 0) is 21.2 Å². The zero-order valence-electron chi connectivity index (χ0n) is 14.2. The number of para-hydroxylation sites is 1. The van der Waals surface area contributed by atoms with E-state index in [0.717, 1.165) is 20.9 Å². The van der Waals surface area contributed by atoms with E-state index in [2.05, 4.69) is 10.2 Å². The zero-order valence-corrected chi connectivity index (χ0v) is 15.0. The van der Waals surface area contributed by atoms with Crippen LogP contribution in [0.5, 0.6) is 0 Å².